The molecule has 1 N–H and O–H groups in total. The lowest BCUT2D eigenvalue weighted by Crippen LogP contribution is -2.49. The summed E-state index contributed by atoms with van der Waals surface area (Å²) in [5.74, 6) is 2.29. The van der Waals surface area contributed by atoms with Gasteiger partial charge in [0, 0.05) is 39.1 Å². The standard InChI is InChI=1S/C20H27N5O/c1-16(2)14-20(26)25-12-10-24(11-13-25)19-9-8-18(22-23-19)21-15-17-6-4-3-5-7-17/h3-9,16H,10-15H2,1-2H3,(H,21,22). The van der Waals surface area contributed by atoms with Gasteiger partial charge >= 0.3 is 0 Å². The molecule has 3 rings (SSSR count). The summed E-state index contributed by atoms with van der Waals surface area (Å²) in [6.07, 6.45) is 0.627. The molecular formula is C20H27N5O. The van der Waals surface area contributed by atoms with Gasteiger partial charge in [0.1, 0.15) is 5.82 Å². The highest BCUT2D eigenvalue weighted by Gasteiger charge is 2.22. The lowest BCUT2D eigenvalue weighted by Gasteiger charge is -2.35. The number of rotatable bonds is 6. The minimum absolute atomic E-state index is 0.256. The number of nitrogens with zero attached hydrogens (tertiary/aromatic N) is 4. The third-order valence-corrected chi connectivity index (χ3v) is 4.51. The van der Waals surface area contributed by atoms with Crippen LogP contribution in [-0.2, 0) is 11.3 Å². The molecule has 1 fully saturated rings. The van der Waals surface area contributed by atoms with E-state index in [0.29, 0.717) is 12.3 Å². The number of anilines is 2. The lowest BCUT2D eigenvalue weighted by molar-refractivity contribution is -0.132. The molecule has 6 nitrogen and oxygen atoms in total. The Morgan fingerprint density at radius 3 is 2.38 bits per heavy atom. The second kappa shape index (κ2) is 8.65. The molecule has 0 saturated carbocycles. The number of nitrogens with one attached hydrogen (secondary N) is 1. The monoisotopic (exact) mass is 353 g/mol. The molecule has 2 aromatic rings. The van der Waals surface area contributed by atoms with E-state index in [1.165, 1.54) is 5.56 Å². The second-order valence-electron chi connectivity index (χ2n) is 7.08. The fourth-order valence-electron chi connectivity index (χ4n) is 3.04. The van der Waals surface area contributed by atoms with Gasteiger partial charge in [0.15, 0.2) is 5.82 Å². The first-order chi connectivity index (χ1) is 12.6. The topological polar surface area (TPSA) is 61.4 Å². The maximum Gasteiger partial charge on any atom is 0.222 e. The number of hydrogen-bond acceptors (Lipinski definition) is 5. The molecule has 138 valence electrons. The van der Waals surface area contributed by atoms with E-state index in [2.05, 4.69) is 46.4 Å². The molecule has 1 saturated heterocycles. The summed E-state index contributed by atoms with van der Waals surface area (Å²) in [5.41, 5.74) is 1.21. The van der Waals surface area contributed by atoms with Gasteiger partial charge in [-0.05, 0) is 23.6 Å². The molecule has 0 bridgehead atoms. The number of aromatic nitrogens is 2. The Balaban J connectivity index is 1.49. The number of hydrogen-bond donors (Lipinski definition) is 1. The van der Waals surface area contributed by atoms with Gasteiger partial charge in [0.05, 0.1) is 0 Å². The van der Waals surface area contributed by atoms with E-state index in [1.54, 1.807) is 0 Å². The molecule has 0 aliphatic carbocycles. The third kappa shape index (κ3) is 4.94. The van der Waals surface area contributed by atoms with Crippen LogP contribution in [0.1, 0.15) is 25.8 Å². The van der Waals surface area contributed by atoms with Gasteiger partial charge in [-0.25, -0.2) is 0 Å². The van der Waals surface area contributed by atoms with Gasteiger partial charge in [-0.2, -0.15) is 0 Å². The predicted molar refractivity (Wildman–Crippen MR) is 104 cm³/mol. The summed E-state index contributed by atoms with van der Waals surface area (Å²) < 4.78 is 0. The van der Waals surface area contributed by atoms with Crippen molar-refractivity contribution in [2.45, 2.75) is 26.8 Å². The first-order valence-corrected chi connectivity index (χ1v) is 9.26. The molecule has 0 unspecified atom stereocenters. The van der Waals surface area contributed by atoms with Crippen LogP contribution in [-0.4, -0.2) is 47.2 Å². The predicted octanol–water partition coefficient (Wildman–Crippen LogP) is 2.78. The molecule has 0 radical (unpaired) electrons. The van der Waals surface area contributed by atoms with E-state index in [-0.39, 0.29) is 5.91 Å². The lowest BCUT2D eigenvalue weighted by atomic mass is 10.1. The Hall–Kier alpha value is -2.63. The van der Waals surface area contributed by atoms with E-state index >= 15 is 0 Å². The smallest absolute Gasteiger partial charge is 0.222 e. The van der Waals surface area contributed by atoms with Crippen molar-refractivity contribution in [2.75, 3.05) is 36.4 Å². The number of benzene rings is 1. The Kier molecular flexibility index (Phi) is 6.04. The highest BCUT2D eigenvalue weighted by atomic mass is 16.2. The Morgan fingerprint density at radius 1 is 1.04 bits per heavy atom. The van der Waals surface area contributed by atoms with Gasteiger partial charge in [0.25, 0.3) is 0 Å². The maximum atomic E-state index is 12.2. The zero-order chi connectivity index (χ0) is 18.4. The first kappa shape index (κ1) is 18.2. The fraction of sp³-hybridized carbons (Fsp3) is 0.450. The molecule has 0 spiro atoms. The highest BCUT2D eigenvalue weighted by Crippen LogP contribution is 2.16. The van der Waals surface area contributed by atoms with Crippen molar-refractivity contribution >= 4 is 17.5 Å². The molecule has 1 aromatic heterocycles. The minimum Gasteiger partial charge on any atom is -0.365 e. The van der Waals surface area contributed by atoms with Crippen LogP contribution in [0.15, 0.2) is 42.5 Å². The Morgan fingerprint density at radius 2 is 1.77 bits per heavy atom. The SMILES string of the molecule is CC(C)CC(=O)N1CCN(c2ccc(NCc3ccccc3)nn2)CC1. The van der Waals surface area contributed by atoms with Gasteiger partial charge in [-0.15, -0.1) is 10.2 Å². The summed E-state index contributed by atoms with van der Waals surface area (Å²) in [7, 11) is 0. The molecule has 1 aromatic carbocycles. The molecule has 26 heavy (non-hydrogen) atoms. The van der Waals surface area contributed by atoms with E-state index in [1.807, 2.05) is 35.2 Å². The second-order valence-corrected chi connectivity index (χ2v) is 7.08. The normalized spacial score (nSPS) is 14.6. The van der Waals surface area contributed by atoms with E-state index in [4.69, 9.17) is 0 Å². The van der Waals surface area contributed by atoms with Crippen molar-refractivity contribution in [3.8, 4) is 0 Å². The quantitative estimate of drug-likeness (QED) is 0.865. The van der Waals surface area contributed by atoms with E-state index in [0.717, 1.165) is 44.4 Å². The van der Waals surface area contributed by atoms with Crippen molar-refractivity contribution in [3.05, 3.63) is 48.0 Å². The average molecular weight is 353 g/mol. The van der Waals surface area contributed by atoms with Gasteiger partial charge in [-0.3, -0.25) is 4.79 Å². The van der Waals surface area contributed by atoms with Crippen LogP contribution >= 0.6 is 0 Å². The molecule has 1 amide bonds. The molecule has 1 aliphatic rings. The minimum atomic E-state index is 0.256. The zero-order valence-electron chi connectivity index (χ0n) is 15.6. The fourth-order valence-corrected chi connectivity index (χ4v) is 3.04. The molecular weight excluding hydrogens is 326 g/mol. The summed E-state index contributed by atoms with van der Waals surface area (Å²) >= 11 is 0. The largest absolute Gasteiger partial charge is 0.365 e. The van der Waals surface area contributed by atoms with E-state index < -0.39 is 0 Å². The van der Waals surface area contributed by atoms with Crippen LogP contribution in [0.4, 0.5) is 11.6 Å². The van der Waals surface area contributed by atoms with Crippen LogP contribution in [0.5, 0.6) is 0 Å². The number of amides is 1. The number of piperazine rings is 1. The Labute approximate surface area is 155 Å². The van der Waals surface area contributed by atoms with Crippen molar-refractivity contribution < 1.29 is 4.79 Å². The van der Waals surface area contributed by atoms with Crippen LogP contribution in [0.25, 0.3) is 0 Å². The average Bonchev–Trinajstić information content (AvgIpc) is 2.67. The van der Waals surface area contributed by atoms with Crippen molar-refractivity contribution in [1.82, 2.24) is 15.1 Å². The van der Waals surface area contributed by atoms with Crippen LogP contribution in [0.2, 0.25) is 0 Å². The molecule has 0 atom stereocenters. The van der Waals surface area contributed by atoms with Gasteiger partial charge in [0.2, 0.25) is 5.91 Å². The van der Waals surface area contributed by atoms with Crippen LogP contribution in [0.3, 0.4) is 0 Å². The molecule has 6 heteroatoms. The number of carbonyl (C=O) groups is 1. The first-order valence-electron chi connectivity index (χ1n) is 9.26. The third-order valence-electron chi connectivity index (χ3n) is 4.51. The van der Waals surface area contributed by atoms with Crippen LogP contribution in [0, 0.1) is 5.92 Å². The van der Waals surface area contributed by atoms with Crippen LogP contribution < -0.4 is 10.2 Å². The Bertz CT molecular complexity index is 694. The van der Waals surface area contributed by atoms with Crippen molar-refractivity contribution in [3.63, 3.8) is 0 Å². The van der Waals surface area contributed by atoms with Crippen molar-refractivity contribution in [2.24, 2.45) is 5.92 Å². The van der Waals surface area contributed by atoms with Gasteiger partial charge < -0.3 is 15.1 Å². The molecule has 2 heterocycles. The zero-order valence-corrected chi connectivity index (χ0v) is 15.6. The summed E-state index contributed by atoms with van der Waals surface area (Å²) in [4.78, 5) is 16.3. The molecule has 1 aliphatic heterocycles. The van der Waals surface area contributed by atoms with Crippen molar-refractivity contribution in [1.29, 1.82) is 0 Å². The summed E-state index contributed by atoms with van der Waals surface area (Å²) in [6.45, 7) is 7.99. The maximum absolute atomic E-state index is 12.2. The highest BCUT2D eigenvalue weighted by molar-refractivity contribution is 5.76. The van der Waals surface area contributed by atoms with Gasteiger partial charge in [-0.1, -0.05) is 44.2 Å². The van der Waals surface area contributed by atoms with E-state index in [9.17, 15) is 4.79 Å². The number of carbonyl (C=O) groups excluding carboxylic acids is 1. The summed E-state index contributed by atoms with van der Waals surface area (Å²) in [6, 6.07) is 14.2. The summed E-state index contributed by atoms with van der Waals surface area (Å²) in [5, 5.41) is 11.9.